The van der Waals surface area contributed by atoms with Crippen LogP contribution in [-0.2, 0) is 66.9 Å². The van der Waals surface area contributed by atoms with Crippen LogP contribution in [0.5, 0.6) is 0 Å². The first-order valence-electron chi connectivity index (χ1n) is 21.0. The molecule has 4 rings (SSSR count). The fourth-order valence-electron chi connectivity index (χ4n) is 7.83. The van der Waals surface area contributed by atoms with Crippen LogP contribution in [0.2, 0.25) is 0 Å². The summed E-state index contributed by atoms with van der Waals surface area (Å²) >= 11 is 0. The van der Waals surface area contributed by atoms with E-state index in [1.807, 2.05) is 0 Å². The Morgan fingerprint density at radius 3 is 1.74 bits per heavy atom. The molecule has 4 fully saturated rings. The second-order valence-electron chi connectivity index (χ2n) is 16.5. The summed E-state index contributed by atoms with van der Waals surface area (Å²) in [5.74, 6) is -2.42. The number of carbonyl (C=O) groups excluding carboxylic acids is 3. The maximum absolute atomic E-state index is 12.5. The Bertz CT molecular complexity index is 1740. The lowest BCUT2D eigenvalue weighted by Crippen LogP contribution is -2.68. The van der Waals surface area contributed by atoms with Crippen LogP contribution in [0.25, 0.3) is 0 Å². The van der Waals surface area contributed by atoms with Gasteiger partial charge < -0.3 is 120 Å². The Hall–Kier alpha value is -2.56. The van der Waals surface area contributed by atoms with E-state index >= 15 is 0 Å². The van der Waals surface area contributed by atoms with Gasteiger partial charge in [0.05, 0.1) is 45.2 Å². The van der Waals surface area contributed by atoms with Gasteiger partial charge in [0, 0.05) is 20.8 Å². The van der Waals surface area contributed by atoms with Crippen molar-refractivity contribution in [3.05, 3.63) is 0 Å². The van der Waals surface area contributed by atoms with Crippen molar-refractivity contribution in [2.75, 3.05) is 33.0 Å². The molecule has 4 heterocycles. The van der Waals surface area contributed by atoms with E-state index in [-0.39, 0.29) is 0 Å². The number of amides is 3. The fourth-order valence-corrected chi connectivity index (χ4v) is 8.13. The molecule has 0 saturated carbocycles. The Balaban J connectivity index is 1.59. The molecule has 17 N–H and O–H groups in total. The van der Waals surface area contributed by atoms with Crippen molar-refractivity contribution in [2.24, 2.45) is 0 Å². The zero-order valence-corrected chi connectivity index (χ0v) is 37.6. The number of ether oxygens (including phenoxy) is 8. The summed E-state index contributed by atoms with van der Waals surface area (Å²) in [4.78, 5) is 36.6. The molecule has 0 bridgehead atoms. The van der Waals surface area contributed by atoms with Crippen LogP contribution in [0.15, 0.2) is 0 Å². The fraction of sp³-hybridized carbons (Fsp3) is 0.917. The first kappa shape index (κ1) is 58.0. The standard InChI is InChI=1S/C36H63N3O28S/c1-10-21(47)26(52)28(54)35(61-10)67-32-20(39-13(4)45)33(64-18(24(32)50)9-60-68(56,57)58)59-8-15(46)22(48)30(14(5-40)37-11(2)43)65-36-29(55)27(53)31(17(7-42)63-36)66-34-19(38-12(3)44)25(51)23(49)16(6-41)62-34/h10,14-36,40-42,46-55H,5-9H2,1-4H3,(H,37,43)(H,38,44)(H,39,45)(H,56,57,58)/t10-,14-,15+,16+,17+,18+,19+,20+,21+,22-,23+,24+,25+,26+,27+,28-,29+,30+,31-,32+,33+,34+,35-,36-/m0/s1. The quantitative estimate of drug-likeness (QED) is 0.0475. The highest BCUT2D eigenvalue weighted by molar-refractivity contribution is 7.80. The Kier molecular flexibility index (Phi) is 21.5. The van der Waals surface area contributed by atoms with Crippen LogP contribution in [-0.4, -0.2) is 277 Å². The van der Waals surface area contributed by atoms with Gasteiger partial charge in [-0.2, -0.15) is 8.42 Å². The first-order valence-corrected chi connectivity index (χ1v) is 22.4. The second kappa shape index (κ2) is 25.2. The van der Waals surface area contributed by atoms with Crippen molar-refractivity contribution < 1.29 is 136 Å². The third kappa shape index (κ3) is 14.5. The van der Waals surface area contributed by atoms with Crippen LogP contribution in [0.4, 0.5) is 0 Å². The Morgan fingerprint density at radius 1 is 0.618 bits per heavy atom. The van der Waals surface area contributed by atoms with E-state index in [1.54, 1.807) is 0 Å². The number of nitrogens with one attached hydrogen (secondary N) is 3. The molecular weight excluding hydrogens is 954 g/mol. The molecule has 0 aromatic heterocycles. The predicted octanol–water partition coefficient (Wildman–Crippen LogP) is -11.0. The molecule has 68 heavy (non-hydrogen) atoms. The molecule has 0 aromatic rings. The largest absolute Gasteiger partial charge is 0.397 e. The average Bonchev–Trinajstić information content (AvgIpc) is 3.26. The van der Waals surface area contributed by atoms with E-state index in [0.717, 1.165) is 20.8 Å². The average molecular weight is 1020 g/mol. The van der Waals surface area contributed by atoms with Crippen molar-refractivity contribution in [3.63, 3.8) is 0 Å². The SMILES string of the molecule is CC(=O)N[C@H]1[C@@H](O[C@@H]2[C@H](O)[C@@H](O)[C@H](O[C@@H]([C@@H](O)[C@H](O)CO[C@@H]3O[C@H](COS(=O)(=O)O)[C@@H](O)[C@H](O[C@@H]4O[C@@H](C)[C@@H](O)[C@@H](O)[C@@H]4O)[C@H]3NC(C)=O)[C@H](CO)NC(C)=O)O[C@@H]2CO)O[C@H](CO)[C@@H](O)[C@@H]1O. The van der Waals surface area contributed by atoms with E-state index in [2.05, 4.69) is 20.1 Å². The highest BCUT2D eigenvalue weighted by atomic mass is 32.3. The zero-order valence-electron chi connectivity index (χ0n) is 36.8. The predicted molar refractivity (Wildman–Crippen MR) is 213 cm³/mol. The third-order valence-corrected chi connectivity index (χ3v) is 11.8. The van der Waals surface area contributed by atoms with Gasteiger partial charge in [-0.15, -0.1) is 0 Å². The van der Waals surface area contributed by atoms with Gasteiger partial charge in [0.25, 0.3) is 0 Å². The molecule has 4 aliphatic rings. The van der Waals surface area contributed by atoms with E-state index in [4.69, 9.17) is 37.9 Å². The molecule has 0 aromatic carbocycles. The van der Waals surface area contributed by atoms with Gasteiger partial charge in [-0.1, -0.05) is 0 Å². The van der Waals surface area contributed by atoms with Crippen LogP contribution in [0.1, 0.15) is 27.7 Å². The van der Waals surface area contributed by atoms with Crippen molar-refractivity contribution >= 4 is 28.1 Å². The lowest BCUT2D eigenvalue weighted by Gasteiger charge is -2.48. The summed E-state index contributed by atoms with van der Waals surface area (Å²) in [6, 6.07) is -4.95. The normalized spacial score (nSPS) is 40.9. The van der Waals surface area contributed by atoms with E-state index < -0.39 is 208 Å². The number of hydrogen-bond acceptors (Lipinski definition) is 27. The molecule has 4 saturated heterocycles. The molecule has 32 heteroatoms. The van der Waals surface area contributed by atoms with E-state index in [0.29, 0.717) is 0 Å². The second-order valence-corrected chi connectivity index (χ2v) is 17.6. The maximum atomic E-state index is 12.5. The summed E-state index contributed by atoms with van der Waals surface area (Å²) < 4.78 is 81.8. The van der Waals surface area contributed by atoms with Crippen LogP contribution >= 0.6 is 0 Å². The van der Waals surface area contributed by atoms with Crippen molar-refractivity contribution in [1.29, 1.82) is 0 Å². The highest BCUT2D eigenvalue weighted by Crippen LogP contribution is 2.33. The van der Waals surface area contributed by atoms with E-state index in [9.17, 15) is 93.7 Å². The molecule has 0 spiro atoms. The monoisotopic (exact) mass is 1020 g/mol. The molecule has 4 aliphatic heterocycles. The van der Waals surface area contributed by atoms with Gasteiger partial charge in [-0.25, -0.2) is 4.18 Å². The summed E-state index contributed by atoms with van der Waals surface area (Å²) in [7, 11) is -5.20. The van der Waals surface area contributed by atoms with Crippen LogP contribution < -0.4 is 16.0 Å². The minimum atomic E-state index is -5.20. The first-order chi connectivity index (χ1) is 31.7. The topological polar surface area (TPSA) is 488 Å². The number of carbonyl (C=O) groups is 3. The molecule has 24 atom stereocenters. The maximum Gasteiger partial charge on any atom is 0.397 e. The van der Waals surface area contributed by atoms with Crippen LogP contribution in [0, 0.1) is 0 Å². The van der Waals surface area contributed by atoms with Crippen molar-refractivity contribution in [2.45, 2.75) is 175 Å². The summed E-state index contributed by atoms with van der Waals surface area (Å²) in [6.45, 7) is -0.883. The number of rotatable bonds is 21. The van der Waals surface area contributed by atoms with Gasteiger partial charge >= 0.3 is 10.4 Å². The van der Waals surface area contributed by atoms with Gasteiger partial charge in [-0.3, -0.25) is 18.9 Å². The molecule has 0 radical (unpaired) electrons. The molecule has 3 amide bonds. The number of hydrogen-bond donors (Lipinski definition) is 17. The van der Waals surface area contributed by atoms with E-state index in [1.165, 1.54) is 6.92 Å². The van der Waals surface area contributed by atoms with Gasteiger partial charge in [0.15, 0.2) is 25.2 Å². The molecule has 396 valence electrons. The highest BCUT2D eigenvalue weighted by Gasteiger charge is 2.54. The summed E-state index contributed by atoms with van der Waals surface area (Å²) in [5, 5.41) is 146. The van der Waals surface area contributed by atoms with Gasteiger partial charge in [0.2, 0.25) is 17.7 Å². The molecule has 0 aliphatic carbocycles. The lowest BCUT2D eigenvalue weighted by atomic mass is 9.95. The van der Waals surface area contributed by atoms with Crippen molar-refractivity contribution in [3.8, 4) is 0 Å². The Labute approximate surface area is 387 Å². The lowest BCUT2D eigenvalue weighted by molar-refractivity contribution is -0.357. The molecular formula is C36H63N3O28S. The summed E-state index contributed by atoms with van der Waals surface area (Å²) in [6.07, 6.45) is -39.7. The third-order valence-electron chi connectivity index (χ3n) is 11.3. The van der Waals surface area contributed by atoms with Gasteiger partial charge in [-0.05, 0) is 6.92 Å². The molecule has 0 unspecified atom stereocenters. The van der Waals surface area contributed by atoms with Crippen molar-refractivity contribution in [1.82, 2.24) is 16.0 Å². The van der Waals surface area contributed by atoms with Gasteiger partial charge in [0.1, 0.15) is 110 Å². The number of aliphatic hydroxyl groups is 13. The minimum absolute atomic E-state index is 0.738. The summed E-state index contributed by atoms with van der Waals surface area (Å²) in [5.41, 5.74) is 0. The zero-order chi connectivity index (χ0) is 51.1. The minimum Gasteiger partial charge on any atom is -0.394 e. The number of aliphatic hydroxyl groups excluding tert-OH is 13. The molecule has 31 nitrogen and oxygen atoms in total. The smallest absolute Gasteiger partial charge is 0.394 e. The van der Waals surface area contributed by atoms with Crippen LogP contribution in [0.3, 0.4) is 0 Å². The Morgan fingerprint density at radius 2 is 1.18 bits per heavy atom.